The second-order valence-electron chi connectivity index (χ2n) is 4.23. The van der Waals surface area contributed by atoms with Crippen molar-refractivity contribution in [2.24, 2.45) is 0 Å². The molecule has 0 amide bonds. The van der Waals surface area contributed by atoms with E-state index in [9.17, 15) is 14.9 Å². The van der Waals surface area contributed by atoms with Crippen molar-refractivity contribution in [1.82, 2.24) is 4.57 Å². The van der Waals surface area contributed by atoms with E-state index in [1.807, 2.05) is 6.07 Å². The van der Waals surface area contributed by atoms with Gasteiger partial charge in [-0.3, -0.25) is 14.9 Å². The molecule has 7 heteroatoms. The third kappa shape index (κ3) is 2.94. The summed E-state index contributed by atoms with van der Waals surface area (Å²) in [5, 5.41) is 28.5. The van der Waals surface area contributed by atoms with Crippen molar-refractivity contribution in [3.8, 4) is 12.1 Å². The summed E-state index contributed by atoms with van der Waals surface area (Å²) < 4.78 is 1.09. The zero-order valence-electron chi connectivity index (χ0n) is 10.7. The standard InChI is InChI=1S/C14H8N4O3/c15-6-10-2-1-3-11(4-10)8-17-9-13(18(20)21)5-12(7-16)14(17)19/h1-5,9H,8H2. The minimum atomic E-state index is -0.664. The maximum atomic E-state index is 12.0. The smallest absolute Gasteiger partial charge is 0.287 e. The van der Waals surface area contributed by atoms with Crippen LogP contribution in [0.25, 0.3) is 0 Å². The van der Waals surface area contributed by atoms with Crippen molar-refractivity contribution in [1.29, 1.82) is 10.5 Å². The van der Waals surface area contributed by atoms with Gasteiger partial charge in [0.1, 0.15) is 11.6 Å². The van der Waals surface area contributed by atoms with Gasteiger partial charge in [0.05, 0.1) is 29.3 Å². The highest BCUT2D eigenvalue weighted by Gasteiger charge is 2.13. The molecule has 0 unspecified atom stereocenters. The van der Waals surface area contributed by atoms with Crippen LogP contribution in [-0.4, -0.2) is 9.49 Å². The topological polar surface area (TPSA) is 113 Å². The Hall–Kier alpha value is -3.45. The van der Waals surface area contributed by atoms with Crippen LogP contribution in [0.5, 0.6) is 0 Å². The van der Waals surface area contributed by atoms with Crippen molar-refractivity contribution in [2.45, 2.75) is 6.54 Å². The van der Waals surface area contributed by atoms with Gasteiger partial charge in [0, 0.05) is 6.07 Å². The Morgan fingerprint density at radius 2 is 2.00 bits per heavy atom. The molecule has 7 nitrogen and oxygen atoms in total. The van der Waals surface area contributed by atoms with E-state index >= 15 is 0 Å². The van der Waals surface area contributed by atoms with Crippen LogP contribution < -0.4 is 5.56 Å². The highest BCUT2D eigenvalue weighted by Crippen LogP contribution is 2.12. The lowest BCUT2D eigenvalue weighted by Crippen LogP contribution is -2.23. The molecule has 2 rings (SSSR count). The lowest BCUT2D eigenvalue weighted by molar-refractivity contribution is -0.385. The summed E-state index contributed by atoms with van der Waals surface area (Å²) in [6.45, 7) is 0.0463. The zero-order chi connectivity index (χ0) is 15.4. The van der Waals surface area contributed by atoms with Crippen molar-refractivity contribution in [2.75, 3.05) is 0 Å². The minimum Gasteiger partial charge on any atom is -0.303 e. The van der Waals surface area contributed by atoms with Crippen LogP contribution >= 0.6 is 0 Å². The summed E-state index contributed by atoms with van der Waals surface area (Å²) >= 11 is 0. The van der Waals surface area contributed by atoms with E-state index in [2.05, 4.69) is 0 Å². The lowest BCUT2D eigenvalue weighted by atomic mass is 10.1. The molecule has 0 saturated heterocycles. The van der Waals surface area contributed by atoms with Gasteiger partial charge in [0.25, 0.3) is 11.2 Å². The first kappa shape index (κ1) is 14.0. The van der Waals surface area contributed by atoms with Crippen LogP contribution in [0.2, 0.25) is 0 Å². The molecule has 0 N–H and O–H groups in total. The number of pyridine rings is 1. The second kappa shape index (κ2) is 5.68. The van der Waals surface area contributed by atoms with Crippen LogP contribution in [0.4, 0.5) is 5.69 Å². The summed E-state index contributed by atoms with van der Waals surface area (Å²) in [4.78, 5) is 22.1. The summed E-state index contributed by atoms with van der Waals surface area (Å²) in [5.74, 6) is 0. The van der Waals surface area contributed by atoms with E-state index in [1.54, 1.807) is 30.3 Å². The number of hydrogen-bond acceptors (Lipinski definition) is 5. The molecular formula is C14H8N4O3. The number of hydrogen-bond donors (Lipinski definition) is 0. The van der Waals surface area contributed by atoms with Crippen LogP contribution in [0, 0.1) is 32.8 Å². The summed E-state index contributed by atoms with van der Waals surface area (Å²) in [6, 6.07) is 11.1. The van der Waals surface area contributed by atoms with Gasteiger partial charge in [-0.1, -0.05) is 12.1 Å². The predicted molar refractivity (Wildman–Crippen MR) is 72.3 cm³/mol. The van der Waals surface area contributed by atoms with Crippen LogP contribution in [-0.2, 0) is 6.54 Å². The summed E-state index contributed by atoms with van der Waals surface area (Å²) in [7, 11) is 0. The largest absolute Gasteiger partial charge is 0.303 e. The first-order valence-corrected chi connectivity index (χ1v) is 5.83. The van der Waals surface area contributed by atoms with E-state index in [0.29, 0.717) is 11.1 Å². The Balaban J connectivity index is 2.51. The second-order valence-corrected chi connectivity index (χ2v) is 4.23. The number of benzene rings is 1. The molecule has 0 atom stereocenters. The Bertz CT molecular complexity index is 856. The van der Waals surface area contributed by atoms with E-state index < -0.39 is 10.5 Å². The molecule has 1 aromatic carbocycles. The van der Waals surface area contributed by atoms with E-state index in [-0.39, 0.29) is 17.8 Å². The predicted octanol–water partition coefficient (Wildman–Crippen LogP) is 1.55. The number of nitrogens with zero attached hydrogens (tertiary/aromatic N) is 4. The molecule has 0 aliphatic heterocycles. The van der Waals surface area contributed by atoms with Gasteiger partial charge in [-0.05, 0) is 17.7 Å². The van der Waals surface area contributed by atoms with Crippen LogP contribution in [0.1, 0.15) is 16.7 Å². The first-order valence-electron chi connectivity index (χ1n) is 5.83. The molecular weight excluding hydrogens is 272 g/mol. The maximum Gasteiger partial charge on any atom is 0.287 e. The van der Waals surface area contributed by atoms with Crippen molar-refractivity contribution >= 4 is 5.69 Å². The molecule has 1 heterocycles. The van der Waals surface area contributed by atoms with E-state index in [0.717, 1.165) is 16.8 Å². The normalized spacial score (nSPS) is 9.62. The highest BCUT2D eigenvalue weighted by atomic mass is 16.6. The van der Waals surface area contributed by atoms with Crippen molar-refractivity contribution < 1.29 is 4.92 Å². The van der Waals surface area contributed by atoms with Crippen molar-refractivity contribution in [3.63, 3.8) is 0 Å². The molecule has 21 heavy (non-hydrogen) atoms. The van der Waals surface area contributed by atoms with Crippen molar-refractivity contribution in [3.05, 3.63) is 73.7 Å². The Labute approximate surface area is 119 Å². The molecule has 1 aromatic heterocycles. The van der Waals surface area contributed by atoms with Gasteiger partial charge >= 0.3 is 0 Å². The molecule has 0 radical (unpaired) electrons. The summed E-state index contributed by atoms with van der Waals surface area (Å²) in [6.07, 6.45) is 1.09. The highest BCUT2D eigenvalue weighted by molar-refractivity contribution is 5.38. The fourth-order valence-corrected chi connectivity index (χ4v) is 1.85. The SMILES string of the molecule is N#Cc1cccc(Cn2cc([N+](=O)[O-])cc(C#N)c2=O)c1. The van der Waals surface area contributed by atoms with Gasteiger partial charge in [-0.25, -0.2) is 0 Å². The van der Waals surface area contributed by atoms with Gasteiger partial charge in [0.15, 0.2) is 0 Å². The van der Waals surface area contributed by atoms with Crippen LogP contribution in [0.3, 0.4) is 0 Å². The van der Waals surface area contributed by atoms with Crippen LogP contribution in [0.15, 0.2) is 41.3 Å². The monoisotopic (exact) mass is 280 g/mol. The molecule has 2 aromatic rings. The third-order valence-corrected chi connectivity index (χ3v) is 2.81. The molecule has 0 aliphatic carbocycles. The molecule has 0 saturated carbocycles. The summed E-state index contributed by atoms with van der Waals surface area (Å²) in [5.41, 5.74) is -0.166. The quantitative estimate of drug-likeness (QED) is 0.625. The fraction of sp³-hybridized carbons (Fsp3) is 0.0714. The van der Waals surface area contributed by atoms with E-state index in [1.165, 1.54) is 0 Å². The van der Waals surface area contributed by atoms with Gasteiger partial charge < -0.3 is 4.57 Å². The van der Waals surface area contributed by atoms with Gasteiger partial charge in [0.2, 0.25) is 0 Å². The number of rotatable bonds is 3. The molecule has 0 bridgehead atoms. The number of aromatic nitrogens is 1. The molecule has 0 spiro atoms. The Morgan fingerprint density at radius 3 is 2.62 bits per heavy atom. The third-order valence-electron chi connectivity index (χ3n) is 2.81. The Morgan fingerprint density at radius 1 is 1.24 bits per heavy atom. The molecule has 0 aliphatic rings. The average molecular weight is 280 g/mol. The Kier molecular flexibility index (Phi) is 3.78. The maximum absolute atomic E-state index is 12.0. The van der Waals surface area contributed by atoms with E-state index in [4.69, 9.17) is 10.5 Å². The number of nitro groups is 1. The zero-order valence-corrected chi connectivity index (χ0v) is 10.7. The molecule has 102 valence electrons. The molecule has 0 fully saturated rings. The number of nitriles is 2. The minimum absolute atomic E-state index is 0.0463. The van der Waals surface area contributed by atoms with Gasteiger partial charge in [-0.2, -0.15) is 10.5 Å². The first-order chi connectivity index (χ1) is 10.0. The lowest BCUT2D eigenvalue weighted by Gasteiger charge is -2.06. The fourth-order valence-electron chi connectivity index (χ4n) is 1.85. The average Bonchev–Trinajstić information content (AvgIpc) is 2.49. The van der Waals surface area contributed by atoms with Gasteiger partial charge in [-0.15, -0.1) is 0 Å².